The number of nitrogens with zero attached hydrogens (tertiary/aromatic N) is 6. The number of rotatable bonds is 4. The molecule has 0 radical (unpaired) electrons. The van der Waals surface area contributed by atoms with Crippen LogP contribution in [0, 0.1) is 0 Å². The Balaban J connectivity index is 1.51. The van der Waals surface area contributed by atoms with Gasteiger partial charge in [0.15, 0.2) is 0 Å². The van der Waals surface area contributed by atoms with Crippen molar-refractivity contribution in [2.24, 2.45) is 7.05 Å². The van der Waals surface area contributed by atoms with E-state index in [0.717, 1.165) is 31.6 Å². The maximum atomic E-state index is 13.6. The normalized spacial score (nSPS) is 24.4. The highest BCUT2D eigenvalue weighted by atomic mass is 19.3. The molecular weight excluding hydrogens is 326 g/mol. The summed E-state index contributed by atoms with van der Waals surface area (Å²) in [5.41, 5.74) is 2.32. The summed E-state index contributed by atoms with van der Waals surface area (Å²) >= 11 is 0. The van der Waals surface area contributed by atoms with Crippen molar-refractivity contribution in [2.45, 2.75) is 44.4 Å². The Kier molecular flexibility index (Phi) is 4.33. The highest BCUT2D eigenvalue weighted by Gasteiger charge is 2.39. The SMILES string of the molecule is Cn1cc(CN2Cc3ccnn3CCC2CN2CCC(F)(F)C2)cn1. The van der Waals surface area contributed by atoms with E-state index in [1.807, 2.05) is 41.3 Å². The minimum absolute atomic E-state index is 0.0239. The first-order valence-corrected chi connectivity index (χ1v) is 8.81. The smallest absolute Gasteiger partial charge is 0.261 e. The van der Waals surface area contributed by atoms with Crippen molar-refractivity contribution < 1.29 is 8.78 Å². The number of likely N-dealkylation sites (tertiary alicyclic amines) is 1. The summed E-state index contributed by atoms with van der Waals surface area (Å²) in [6.45, 7) is 3.43. The molecule has 0 aliphatic carbocycles. The maximum absolute atomic E-state index is 13.6. The summed E-state index contributed by atoms with van der Waals surface area (Å²) in [5, 5.41) is 8.64. The molecule has 1 atom stereocenters. The fourth-order valence-corrected chi connectivity index (χ4v) is 3.93. The fraction of sp³-hybridized carbons (Fsp3) is 0.647. The summed E-state index contributed by atoms with van der Waals surface area (Å²) in [6.07, 6.45) is 6.62. The van der Waals surface area contributed by atoms with Gasteiger partial charge in [-0.2, -0.15) is 10.2 Å². The summed E-state index contributed by atoms with van der Waals surface area (Å²) in [6, 6.07) is 2.28. The highest BCUT2D eigenvalue weighted by Crippen LogP contribution is 2.28. The molecule has 2 aliphatic rings. The quantitative estimate of drug-likeness (QED) is 0.842. The van der Waals surface area contributed by atoms with Crippen LogP contribution in [0.25, 0.3) is 0 Å². The molecule has 1 fully saturated rings. The third-order valence-electron chi connectivity index (χ3n) is 5.22. The first kappa shape index (κ1) is 16.7. The van der Waals surface area contributed by atoms with Gasteiger partial charge in [-0.25, -0.2) is 8.78 Å². The van der Waals surface area contributed by atoms with E-state index in [2.05, 4.69) is 15.1 Å². The molecular formula is C17H24F2N6. The van der Waals surface area contributed by atoms with E-state index in [1.54, 1.807) is 4.68 Å². The number of hydrogen-bond acceptors (Lipinski definition) is 4. The van der Waals surface area contributed by atoms with E-state index in [9.17, 15) is 8.78 Å². The summed E-state index contributed by atoms with van der Waals surface area (Å²) in [4.78, 5) is 4.29. The predicted molar refractivity (Wildman–Crippen MR) is 89.1 cm³/mol. The molecule has 25 heavy (non-hydrogen) atoms. The lowest BCUT2D eigenvalue weighted by atomic mass is 10.1. The van der Waals surface area contributed by atoms with E-state index in [1.165, 1.54) is 5.69 Å². The average molecular weight is 350 g/mol. The van der Waals surface area contributed by atoms with E-state index in [0.29, 0.717) is 13.1 Å². The Labute approximate surface area is 146 Å². The number of aryl methyl sites for hydroxylation is 2. The van der Waals surface area contributed by atoms with Crippen LogP contribution in [0.5, 0.6) is 0 Å². The number of alkyl halides is 2. The Morgan fingerprint density at radius 1 is 1.28 bits per heavy atom. The summed E-state index contributed by atoms with van der Waals surface area (Å²) in [7, 11) is 1.91. The van der Waals surface area contributed by atoms with E-state index < -0.39 is 5.92 Å². The van der Waals surface area contributed by atoms with Gasteiger partial charge in [0.25, 0.3) is 5.92 Å². The predicted octanol–water partition coefficient (Wildman–Crippen LogP) is 1.73. The van der Waals surface area contributed by atoms with Crippen molar-refractivity contribution in [1.82, 2.24) is 29.4 Å². The molecule has 0 aromatic carbocycles. The van der Waals surface area contributed by atoms with Gasteiger partial charge in [-0.15, -0.1) is 0 Å². The van der Waals surface area contributed by atoms with Crippen molar-refractivity contribution in [3.05, 3.63) is 35.9 Å². The van der Waals surface area contributed by atoms with E-state index in [4.69, 9.17) is 0 Å². The van der Waals surface area contributed by atoms with Crippen LogP contribution in [0.2, 0.25) is 0 Å². The van der Waals surface area contributed by atoms with Crippen LogP contribution in [0.15, 0.2) is 24.7 Å². The van der Waals surface area contributed by atoms with Crippen molar-refractivity contribution in [3.63, 3.8) is 0 Å². The van der Waals surface area contributed by atoms with Crippen molar-refractivity contribution in [3.8, 4) is 0 Å². The molecule has 136 valence electrons. The average Bonchev–Trinajstić information content (AvgIpc) is 3.22. The lowest BCUT2D eigenvalue weighted by Gasteiger charge is -2.32. The van der Waals surface area contributed by atoms with Crippen molar-refractivity contribution in [2.75, 3.05) is 19.6 Å². The molecule has 1 unspecified atom stereocenters. The molecule has 0 bridgehead atoms. The molecule has 4 heterocycles. The first-order valence-electron chi connectivity index (χ1n) is 8.81. The third-order valence-corrected chi connectivity index (χ3v) is 5.22. The van der Waals surface area contributed by atoms with E-state index >= 15 is 0 Å². The topological polar surface area (TPSA) is 42.1 Å². The Morgan fingerprint density at radius 3 is 2.88 bits per heavy atom. The molecule has 6 nitrogen and oxygen atoms in total. The minimum atomic E-state index is -2.54. The van der Waals surface area contributed by atoms with Crippen LogP contribution in [-0.2, 0) is 26.7 Å². The molecule has 4 rings (SSSR count). The monoisotopic (exact) mass is 350 g/mol. The van der Waals surface area contributed by atoms with Crippen molar-refractivity contribution >= 4 is 0 Å². The van der Waals surface area contributed by atoms with Crippen LogP contribution in [-0.4, -0.2) is 61.0 Å². The Morgan fingerprint density at radius 2 is 2.16 bits per heavy atom. The second kappa shape index (κ2) is 6.49. The summed E-state index contributed by atoms with van der Waals surface area (Å²) < 4.78 is 31.0. The van der Waals surface area contributed by atoms with Crippen molar-refractivity contribution in [1.29, 1.82) is 0 Å². The second-order valence-corrected chi connectivity index (χ2v) is 7.26. The fourth-order valence-electron chi connectivity index (χ4n) is 3.93. The molecule has 2 aromatic rings. The second-order valence-electron chi connectivity index (χ2n) is 7.26. The Hall–Kier alpha value is -1.80. The zero-order valence-corrected chi connectivity index (χ0v) is 14.5. The zero-order valence-electron chi connectivity index (χ0n) is 14.5. The van der Waals surface area contributed by atoms with Gasteiger partial charge in [0.2, 0.25) is 0 Å². The minimum Gasteiger partial charge on any atom is -0.296 e. The lowest BCUT2D eigenvalue weighted by Crippen LogP contribution is -2.42. The highest BCUT2D eigenvalue weighted by molar-refractivity contribution is 5.07. The molecule has 2 aromatic heterocycles. The van der Waals surface area contributed by atoms with Gasteiger partial charge in [0.1, 0.15) is 0 Å². The standard InChI is InChI=1S/C17H24F2N6/c1-22-9-14(8-21-22)10-24-12-16-2-5-20-25(16)6-3-15(24)11-23-7-4-17(18,19)13-23/h2,5,8-9,15H,3-4,6-7,10-13H2,1H3. The molecule has 1 saturated heterocycles. The maximum Gasteiger partial charge on any atom is 0.261 e. The van der Waals surface area contributed by atoms with Gasteiger partial charge in [0, 0.05) is 70.2 Å². The lowest BCUT2D eigenvalue weighted by molar-refractivity contribution is 0.00864. The third kappa shape index (κ3) is 3.74. The van der Waals surface area contributed by atoms with Crippen LogP contribution in [0.4, 0.5) is 8.78 Å². The first-order chi connectivity index (χ1) is 12.0. The van der Waals surface area contributed by atoms with Gasteiger partial charge >= 0.3 is 0 Å². The van der Waals surface area contributed by atoms with Crippen LogP contribution in [0.3, 0.4) is 0 Å². The number of aromatic nitrogens is 4. The van der Waals surface area contributed by atoms with Gasteiger partial charge < -0.3 is 0 Å². The van der Waals surface area contributed by atoms with Gasteiger partial charge in [-0.05, 0) is 12.5 Å². The van der Waals surface area contributed by atoms with Gasteiger partial charge in [-0.1, -0.05) is 0 Å². The molecule has 0 N–H and O–H groups in total. The van der Waals surface area contributed by atoms with Crippen LogP contribution in [0.1, 0.15) is 24.1 Å². The van der Waals surface area contributed by atoms with Crippen LogP contribution < -0.4 is 0 Å². The zero-order chi connectivity index (χ0) is 17.4. The largest absolute Gasteiger partial charge is 0.296 e. The number of hydrogen-bond donors (Lipinski definition) is 0. The number of fused-ring (bicyclic) bond motifs is 1. The molecule has 8 heteroatoms. The molecule has 0 spiro atoms. The summed E-state index contributed by atoms with van der Waals surface area (Å²) in [5.74, 6) is -2.54. The molecule has 0 amide bonds. The van der Waals surface area contributed by atoms with Crippen LogP contribution >= 0.6 is 0 Å². The number of halogens is 2. The van der Waals surface area contributed by atoms with E-state index in [-0.39, 0.29) is 19.0 Å². The molecule has 0 saturated carbocycles. The van der Waals surface area contributed by atoms with Gasteiger partial charge in [0.05, 0.1) is 18.4 Å². The van der Waals surface area contributed by atoms with Gasteiger partial charge in [-0.3, -0.25) is 19.2 Å². The Bertz CT molecular complexity index is 724. The molecule has 2 aliphatic heterocycles.